The zero-order chi connectivity index (χ0) is 11.9. The maximum atomic E-state index is 4.70. The lowest BCUT2D eigenvalue weighted by Gasteiger charge is -2.24. The molecule has 0 bridgehead atoms. The van der Waals surface area contributed by atoms with E-state index in [2.05, 4.69) is 39.8 Å². The molecule has 2 aliphatic rings. The molecule has 1 aliphatic carbocycles. The highest BCUT2D eigenvalue weighted by molar-refractivity contribution is 5.56. The van der Waals surface area contributed by atoms with Crippen LogP contribution >= 0.6 is 0 Å². The highest BCUT2D eigenvalue weighted by atomic mass is 15.2. The van der Waals surface area contributed by atoms with E-state index in [0.717, 1.165) is 24.6 Å². The van der Waals surface area contributed by atoms with Crippen molar-refractivity contribution in [2.24, 2.45) is 0 Å². The average Bonchev–Trinajstić information content (AvgIpc) is 3.16. The van der Waals surface area contributed by atoms with Crippen molar-refractivity contribution in [1.29, 1.82) is 0 Å². The van der Waals surface area contributed by atoms with Crippen LogP contribution in [-0.4, -0.2) is 21.7 Å². The number of rotatable bonds is 2. The average molecular weight is 240 g/mol. The number of hydrogen-bond donors (Lipinski definition) is 2. The molecule has 0 radical (unpaired) electrons. The third kappa shape index (κ3) is 1.60. The lowest BCUT2D eigenvalue weighted by atomic mass is 9.90. The van der Waals surface area contributed by atoms with Crippen LogP contribution in [0.15, 0.2) is 24.3 Å². The predicted octanol–water partition coefficient (Wildman–Crippen LogP) is 2.63. The van der Waals surface area contributed by atoms with E-state index in [0.29, 0.717) is 11.8 Å². The summed E-state index contributed by atoms with van der Waals surface area (Å²) in [5, 5.41) is 11.0. The van der Waals surface area contributed by atoms with Gasteiger partial charge < -0.3 is 5.32 Å². The molecule has 92 valence electrons. The van der Waals surface area contributed by atoms with Gasteiger partial charge in [-0.15, -0.1) is 0 Å². The molecule has 2 aromatic rings. The number of para-hydroxylation sites is 1. The summed E-state index contributed by atoms with van der Waals surface area (Å²) in [5.74, 6) is 3.03. The first kappa shape index (κ1) is 10.1. The highest BCUT2D eigenvalue weighted by Crippen LogP contribution is 2.39. The fourth-order valence-electron chi connectivity index (χ4n) is 2.72. The smallest absolute Gasteiger partial charge is 0.153 e. The lowest BCUT2D eigenvalue weighted by molar-refractivity contribution is 0.678. The van der Waals surface area contributed by atoms with Crippen molar-refractivity contribution in [2.45, 2.75) is 31.1 Å². The fourth-order valence-corrected chi connectivity index (χ4v) is 2.72. The number of benzene rings is 1. The number of anilines is 1. The van der Waals surface area contributed by atoms with Crippen LogP contribution in [0.5, 0.6) is 0 Å². The molecule has 0 saturated heterocycles. The first-order chi connectivity index (χ1) is 8.92. The van der Waals surface area contributed by atoms with Crippen molar-refractivity contribution >= 4 is 5.69 Å². The van der Waals surface area contributed by atoms with Crippen LogP contribution in [0.4, 0.5) is 5.69 Å². The second kappa shape index (κ2) is 3.83. The number of fused-ring (bicyclic) bond motifs is 1. The summed E-state index contributed by atoms with van der Waals surface area (Å²) in [6.45, 7) is 1.00. The Bertz CT molecular complexity index is 571. The quantitative estimate of drug-likeness (QED) is 0.848. The van der Waals surface area contributed by atoms with Gasteiger partial charge in [0.25, 0.3) is 0 Å². The highest BCUT2D eigenvalue weighted by Gasteiger charge is 2.30. The number of aromatic amines is 1. The molecule has 1 saturated carbocycles. The molecule has 1 unspecified atom stereocenters. The summed E-state index contributed by atoms with van der Waals surface area (Å²) in [4.78, 5) is 4.70. The molecule has 1 fully saturated rings. The van der Waals surface area contributed by atoms with E-state index >= 15 is 0 Å². The molecule has 2 heterocycles. The minimum atomic E-state index is 0.363. The van der Waals surface area contributed by atoms with Gasteiger partial charge in [0.1, 0.15) is 5.82 Å². The second-order valence-corrected chi connectivity index (χ2v) is 5.21. The largest absolute Gasteiger partial charge is 0.385 e. The van der Waals surface area contributed by atoms with Gasteiger partial charge in [0.15, 0.2) is 5.82 Å². The van der Waals surface area contributed by atoms with E-state index in [1.807, 2.05) is 0 Å². The molecule has 18 heavy (non-hydrogen) atoms. The van der Waals surface area contributed by atoms with Crippen LogP contribution in [0, 0.1) is 0 Å². The number of hydrogen-bond acceptors (Lipinski definition) is 3. The Kier molecular flexibility index (Phi) is 2.15. The standard InChI is InChI=1S/C14H16N4/c1-2-4-12-10(3-1)11(7-8-15-12)14-16-13(17-18-14)9-5-6-9/h1-4,9,11,15H,5-8H2,(H,16,17,18). The lowest BCUT2D eigenvalue weighted by Crippen LogP contribution is -2.18. The SMILES string of the molecule is c1ccc2c(c1)NCCC2c1nc(C2CC2)n[nH]1. The number of H-pyrrole nitrogens is 1. The van der Waals surface area contributed by atoms with E-state index in [9.17, 15) is 0 Å². The van der Waals surface area contributed by atoms with Crippen molar-refractivity contribution in [3.05, 3.63) is 41.5 Å². The normalized spacial score (nSPS) is 22.3. The van der Waals surface area contributed by atoms with Crippen molar-refractivity contribution in [3.63, 3.8) is 0 Å². The summed E-state index contributed by atoms with van der Waals surface area (Å²) < 4.78 is 0. The van der Waals surface area contributed by atoms with Crippen LogP contribution in [-0.2, 0) is 0 Å². The molecule has 4 nitrogen and oxygen atoms in total. The zero-order valence-electron chi connectivity index (χ0n) is 10.2. The Morgan fingerprint density at radius 1 is 1.11 bits per heavy atom. The van der Waals surface area contributed by atoms with E-state index in [1.54, 1.807) is 0 Å². The second-order valence-electron chi connectivity index (χ2n) is 5.21. The molecular formula is C14H16N4. The van der Waals surface area contributed by atoms with Gasteiger partial charge in [-0.25, -0.2) is 4.98 Å². The molecule has 1 atom stereocenters. The first-order valence-corrected chi connectivity index (χ1v) is 6.67. The van der Waals surface area contributed by atoms with Gasteiger partial charge in [-0.3, -0.25) is 5.10 Å². The Hall–Kier alpha value is -1.84. The summed E-state index contributed by atoms with van der Waals surface area (Å²) >= 11 is 0. The van der Waals surface area contributed by atoms with Gasteiger partial charge in [0.2, 0.25) is 0 Å². The van der Waals surface area contributed by atoms with Gasteiger partial charge in [-0.05, 0) is 30.9 Å². The number of nitrogens with zero attached hydrogens (tertiary/aromatic N) is 2. The molecule has 1 aromatic carbocycles. The summed E-state index contributed by atoms with van der Waals surface area (Å²) in [5.41, 5.74) is 2.57. The minimum absolute atomic E-state index is 0.363. The molecular weight excluding hydrogens is 224 g/mol. The molecule has 0 amide bonds. The van der Waals surface area contributed by atoms with Crippen LogP contribution < -0.4 is 5.32 Å². The van der Waals surface area contributed by atoms with E-state index < -0.39 is 0 Å². The van der Waals surface area contributed by atoms with Crippen molar-refractivity contribution in [2.75, 3.05) is 11.9 Å². The van der Waals surface area contributed by atoms with Crippen molar-refractivity contribution in [3.8, 4) is 0 Å². The maximum Gasteiger partial charge on any atom is 0.153 e. The number of nitrogens with one attached hydrogen (secondary N) is 2. The predicted molar refractivity (Wildman–Crippen MR) is 69.7 cm³/mol. The summed E-state index contributed by atoms with van der Waals surface area (Å²) in [7, 11) is 0. The van der Waals surface area contributed by atoms with Crippen molar-refractivity contribution in [1.82, 2.24) is 15.2 Å². The van der Waals surface area contributed by atoms with E-state index in [1.165, 1.54) is 24.1 Å². The van der Waals surface area contributed by atoms with Crippen LogP contribution in [0.3, 0.4) is 0 Å². The Balaban J connectivity index is 1.71. The maximum absolute atomic E-state index is 4.70. The third-order valence-electron chi connectivity index (χ3n) is 3.88. The first-order valence-electron chi connectivity index (χ1n) is 6.67. The Morgan fingerprint density at radius 2 is 2.00 bits per heavy atom. The number of aromatic nitrogens is 3. The summed E-state index contributed by atoms with van der Waals surface area (Å²) in [6, 6.07) is 8.49. The Morgan fingerprint density at radius 3 is 2.89 bits per heavy atom. The van der Waals surface area contributed by atoms with Gasteiger partial charge in [0.05, 0.1) is 0 Å². The van der Waals surface area contributed by atoms with Crippen LogP contribution in [0.1, 0.15) is 48.3 Å². The topological polar surface area (TPSA) is 53.6 Å². The van der Waals surface area contributed by atoms with E-state index in [4.69, 9.17) is 4.98 Å². The zero-order valence-corrected chi connectivity index (χ0v) is 10.2. The summed E-state index contributed by atoms with van der Waals surface area (Å²) in [6.07, 6.45) is 3.58. The Labute approximate surface area is 106 Å². The monoisotopic (exact) mass is 240 g/mol. The molecule has 0 spiro atoms. The molecule has 2 N–H and O–H groups in total. The van der Waals surface area contributed by atoms with Gasteiger partial charge >= 0.3 is 0 Å². The molecule has 1 aromatic heterocycles. The van der Waals surface area contributed by atoms with Crippen molar-refractivity contribution < 1.29 is 0 Å². The molecule has 1 aliphatic heterocycles. The van der Waals surface area contributed by atoms with Crippen LogP contribution in [0.2, 0.25) is 0 Å². The molecule has 4 rings (SSSR count). The van der Waals surface area contributed by atoms with E-state index in [-0.39, 0.29) is 0 Å². The van der Waals surface area contributed by atoms with Gasteiger partial charge in [-0.2, -0.15) is 5.10 Å². The fraction of sp³-hybridized carbons (Fsp3) is 0.429. The third-order valence-corrected chi connectivity index (χ3v) is 3.88. The van der Waals surface area contributed by atoms with Gasteiger partial charge in [0, 0.05) is 24.1 Å². The van der Waals surface area contributed by atoms with Gasteiger partial charge in [-0.1, -0.05) is 18.2 Å². The minimum Gasteiger partial charge on any atom is -0.385 e. The molecule has 4 heteroatoms. The van der Waals surface area contributed by atoms with Crippen LogP contribution in [0.25, 0.3) is 0 Å².